The molecule has 0 radical (unpaired) electrons. The Kier molecular flexibility index (Phi) is 4.08. The lowest BCUT2D eigenvalue weighted by Crippen LogP contribution is -2.33. The Hall–Kier alpha value is -4.91. The van der Waals surface area contributed by atoms with Crippen molar-refractivity contribution in [2.24, 2.45) is 5.92 Å². The molecular weight excluding hydrogens is 476 g/mol. The second-order valence-electron chi connectivity index (χ2n) is 10.4. The number of ketones is 1. The predicted octanol–water partition coefficient (Wildman–Crippen LogP) is 5.40. The molecule has 3 aromatic carbocycles. The van der Waals surface area contributed by atoms with Crippen LogP contribution in [0.4, 0.5) is 5.69 Å². The van der Waals surface area contributed by atoms with Gasteiger partial charge >= 0.3 is 0 Å². The molecule has 7 nitrogen and oxygen atoms in total. The van der Waals surface area contributed by atoms with E-state index in [9.17, 15) is 14.4 Å². The number of aromatic nitrogens is 2. The van der Waals surface area contributed by atoms with Crippen molar-refractivity contribution in [2.75, 3.05) is 11.9 Å². The molecule has 1 saturated carbocycles. The summed E-state index contributed by atoms with van der Waals surface area (Å²) >= 11 is 0. The predicted molar refractivity (Wildman–Crippen MR) is 144 cm³/mol. The molecule has 2 aliphatic carbocycles. The molecule has 3 heterocycles. The normalized spacial score (nSPS) is 21.2. The van der Waals surface area contributed by atoms with Gasteiger partial charge in [0.05, 0.1) is 0 Å². The quantitative estimate of drug-likeness (QED) is 0.311. The Morgan fingerprint density at radius 3 is 2.53 bits per heavy atom. The van der Waals surface area contributed by atoms with Gasteiger partial charge < -0.3 is 20.2 Å². The highest BCUT2D eigenvalue weighted by Gasteiger charge is 2.67. The van der Waals surface area contributed by atoms with Crippen molar-refractivity contribution < 1.29 is 14.4 Å². The van der Waals surface area contributed by atoms with Gasteiger partial charge in [0.2, 0.25) is 0 Å². The fraction of sp³-hybridized carbons (Fsp3) is 0.129. The van der Waals surface area contributed by atoms with Crippen LogP contribution in [0.25, 0.3) is 21.8 Å². The van der Waals surface area contributed by atoms with Gasteiger partial charge in [-0.1, -0.05) is 42.5 Å². The average Bonchev–Trinajstić information content (AvgIpc) is 3.25. The minimum atomic E-state index is -0.233. The van der Waals surface area contributed by atoms with Crippen molar-refractivity contribution in [3.8, 4) is 0 Å². The number of para-hydroxylation sites is 1. The van der Waals surface area contributed by atoms with Crippen LogP contribution in [-0.2, 0) is 5.41 Å². The molecule has 2 aromatic heterocycles. The number of benzene rings is 3. The monoisotopic (exact) mass is 498 g/mol. The molecule has 8 rings (SSSR count). The molecule has 7 heteroatoms. The summed E-state index contributed by atoms with van der Waals surface area (Å²) in [5.41, 5.74) is 5.69. The van der Waals surface area contributed by atoms with Gasteiger partial charge in [-0.25, -0.2) is 0 Å². The Labute approximate surface area is 217 Å². The number of fused-ring (bicyclic) bond motifs is 3. The Morgan fingerprint density at radius 2 is 1.63 bits per heavy atom. The third kappa shape index (κ3) is 2.87. The number of hydrogen-bond acceptors (Lipinski definition) is 3. The number of likely N-dealkylation sites (tertiary alicyclic amines) is 1. The smallest absolute Gasteiger partial charge is 0.274 e. The van der Waals surface area contributed by atoms with Crippen molar-refractivity contribution in [3.63, 3.8) is 0 Å². The van der Waals surface area contributed by atoms with E-state index in [2.05, 4.69) is 15.3 Å². The first-order valence-electron chi connectivity index (χ1n) is 12.7. The SMILES string of the molecule is O=C(Nc1ccc2[nH]c(C(=O)N3C[C@@H]4C[C@]45C3=CC(=O)c3ccccc35)cc2c1)c1cc2ccccc2[nH]1. The molecule has 1 spiro atoms. The summed E-state index contributed by atoms with van der Waals surface area (Å²) in [5.74, 6) is -0.0839. The lowest BCUT2D eigenvalue weighted by Gasteiger charge is -2.29. The highest BCUT2D eigenvalue weighted by molar-refractivity contribution is 6.10. The average molecular weight is 499 g/mol. The number of allylic oxidation sites excluding steroid dienone is 2. The lowest BCUT2D eigenvalue weighted by atomic mass is 9.81. The van der Waals surface area contributed by atoms with Crippen LogP contribution in [0.1, 0.15) is 43.3 Å². The zero-order valence-corrected chi connectivity index (χ0v) is 20.2. The summed E-state index contributed by atoms with van der Waals surface area (Å²) in [5, 5.41) is 4.74. The maximum absolute atomic E-state index is 13.7. The Balaban J connectivity index is 1.07. The fourth-order valence-corrected chi connectivity index (χ4v) is 6.44. The van der Waals surface area contributed by atoms with E-state index < -0.39 is 0 Å². The van der Waals surface area contributed by atoms with Gasteiger partial charge in [-0.2, -0.15) is 0 Å². The molecule has 1 aliphatic heterocycles. The molecule has 1 saturated heterocycles. The van der Waals surface area contributed by atoms with Gasteiger partial charge in [-0.15, -0.1) is 0 Å². The zero-order chi connectivity index (χ0) is 25.6. The molecule has 3 N–H and O–H groups in total. The van der Waals surface area contributed by atoms with E-state index in [1.165, 1.54) is 0 Å². The second kappa shape index (κ2) is 7.32. The van der Waals surface area contributed by atoms with Crippen LogP contribution >= 0.6 is 0 Å². The molecule has 5 aromatic rings. The molecule has 38 heavy (non-hydrogen) atoms. The van der Waals surface area contributed by atoms with Crippen molar-refractivity contribution in [3.05, 3.63) is 113 Å². The van der Waals surface area contributed by atoms with Crippen molar-refractivity contribution in [1.82, 2.24) is 14.9 Å². The molecule has 2 fully saturated rings. The number of carbonyl (C=O) groups is 3. The standard InChI is InChI=1S/C31H22N4O3/c36-27-14-28-31(22-7-3-2-6-21(22)27)15-19(31)16-35(28)30(38)26-13-18-11-20(9-10-24(18)34-26)32-29(37)25-12-17-5-1-4-8-23(17)33-25/h1-14,19,33-34H,15-16H2,(H,32,37)/t19-,31-/m0/s1. The van der Waals surface area contributed by atoms with Crippen LogP contribution in [0.15, 0.2) is 90.6 Å². The largest absolute Gasteiger partial charge is 0.351 e. The second-order valence-corrected chi connectivity index (χ2v) is 10.4. The molecule has 0 bridgehead atoms. The van der Waals surface area contributed by atoms with Crippen molar-refractivity contribution in [1.29, 1.82) is 0 Å². The molecule has 3 aliphatic rings. The van der Waals surface area contributed by atoms with Crippen LogP contribution < -0.4 is 5.32 Å². The number of anilines is 1. The van der Waals surface area contributed by atoms with E-state index in [0.717, 1.165) is 45.1 Å². The van der Waals surface area contributed by atoms with Gasteiger partial charge in [0, 0.05) is 56.8 Å². The topological polar surface area (TPSA) is 98.1 Å². The lowest BCUT2D eigenvalue weighted by molar-refractivity contribution is 0.0806. The van der Waals surface area contributed by atoms with E-state index in [4.69, 9.17) is 0 Å². The van der Waals surface area contributed by atoms with E-state index >= 15 is 0 Å². The fourth-order valence-electron chi connectivity index (χ4n) is 6.44. The van der Waals surface area contributed by atoms with Crippen molar-refractivity contribution in [2.45, 2.75) is 11.8 Å². The molecule has 184 valence electrons. The highest BCUT2D eigenvalue weighted by atomic mass is 16.2. The van der Waals surface area contributed by atoms with Crippen LogP contribution in [0, 0.1) is 5.92 Å². The number of hydrogen-bond donors (Lipinski definition) is 3. The Bertz CT molecular complexity index is 1860. The van der Waals surface area contributed by atoms with Crippen LogP contribution in [0.5, 0.6) is 0 Å². The minimum Gasteiger partial charge on any atom is -0.351 e. The minimum absolute atomic E-state index is 0.0430. The third-order valence-corrected chi connectivity index (χ3v) is 8.33. The summed E-state index contributed by atoms with van der Waals surface area (Å²) in [6, 6.07) is 24.7. The number of rotatable bonds is 3. The zero-order valence-electron chi connectivity index (χ0n) is 20.2. The van der Waals surface area contributed by atoms with E-state index in [0.29, 0.717) is 29.5 Å². The first-order valence-corrected chi connectivity index (χ1v) is 12.7. The van der Waals surface area contributed by atoms with Gasteiger partial charge in [-0.05, 0) is 54.3 Å². The Morgan fingerprint density at radius 1 is 0.868 bits per heavy atom. The molecule has 0 unspecified atom stereocenters. The van der Waals surface area contributed by atoms with Crippen molar-refractivity contribution >= 4 is 45.1 Å². The summed E-state index contributed by atoms with van der Waals surface area (Å²) in [7, 11) is 0. The summed E-state index contributed by atoms with van der Waals surface area (Å²) in [6.07, 6.45) is 2.63. The number of piperidine rings is 1. The summed E-state index contributed by atoms with van der Waals surface area (Å²) in [4.78, 5) is 47.5. The molecular formula is C31H22N4O3. The van der Waals surface area contributed by atoms with Gasteiger partial charge in [0.15, 0.2) is 5.78 Å². The number of aromatic amines is 2. The number of nitrogens with one attached hydrogen (secondary N) is 3. The van der Waals surface area contributed by atoms with Crippen LogP contribution in [-0.4, -0.2) is 39.0 Å². The van der Waals surface area contributed by atoms with Gasteiger partial charge in [-0.3, -0.25) is 14.4 Å². The van der Waals surface area contributed by atoms with Crippen LogP contribution in [0.2, 0.25) is 0 Å². The number of H-pyrrole nitrogens is 2. The summed E-state index contributed by atoms with van der Waals surface area (Å²) in [6.45, 7) is 0.605. The maximum Gasteiger partial charge on any atom is 0.274 e. The van der Waals surface area contributed by atoms with Gasteiger partial charge in [0.25, 0.3) is 11.8 Å². The first-order chi connectivity index (χ1) is 18.5. The van der Waals surface area contributed by atoms with E-state index in [-0.39, 0.29) is 23.0 Å². The number of nitrogens with zero attached hydrogens (tertiary/aromatic N) is 1. The molecule has 2 atom stereocenters. The maximum atomic E-state index is 13.7. The van der Waals surface area contributed by atoms with Crippen LogP contribution in [0.3, 0.4) is 0 Å². The highest BCUT2D eigenvalue weighted by Crippen LogP contribution is 2.66. The first kappa shape index (κ1) is 21.2. The van der Waals surface area contributed by atoms with Gasteiger partial charge in [0.1, 0.15) is 11.4 Å². The summed E-state index contributed by atoms with van der Waals surface area (Å²) < 4.78 is 0. The number of carbonyl (C=O) groups excluding carboxylic acids is 3. The molecule has 2 amide bonds. The third-order valence-electron chi connectivity index (χ3n) is 8.33. The van der Waals surface area contributed by atoms with E-state index in [1.54, 1.807) is 11.0 Å². The van der Waals surface area contributed by atoms with E-state index in [1.807, 2.05) is 78.9 Å². The number of amides is 2.